The van der Waals surface area contributed by atoms with Crippen LogP contribution >= 0.6 is 0 Å². The number of rotatable bonds is 8. The second-order valence-electron chi connectivity index (χ2n) is 10.9. The predicted molar refractivity (Wildman–Crippen MR) is 183 cm³/mol. The van der Waals surface area contributed by atoms with Crippen molar-refractivity contribution < 1.29 is 105 Å². The molecule has 0 unspecified atom stereocenters. The normalized spacial score (nSPS) is 18.6. The molecule has 4 aliphatic carbocycles. The van der Waals surface area contributed by atoms with Gasteiger partial charge in [0.05, 0.1) is 38.5 Å². The van der Waals surface area contributed by atoms with Gasteiger partial charge < -0.3 is 25.6 Å². The van der Waals surface area contributed by atoms with Crippen LogP contribution in [-0.4, -0.2) is 64.0 Å². The molecule has 0 bridgehead atoms. The van der Waals surface area contributed by atoms with Crippen molar-refractivity contribution >= 4 is 65.8 Å². The first-order chi connectivity index (χ1) is 24.1. The van der Waals surface area contributed by atoms with Crippen LogP contribution in [0.2, 0.25) is 0 Å². The molecule has 0 amide bonds. The number of aliphatic hydroxyl groups is 1. The Balaban J connectivity index is 0.00000314. The number of hydrogen-bond donors (Lipinski definition) is 7. The van der Waals surface area contributed by atoms with Crippen LogP contribution in [0.4, 0.5) is 22.7 Å². The Hall–Kier alpha value is -4.54. The van der Waals surface area contributed by atoms with Crippen molar-refractivity contribution in [1.82, 2.24) is 0 Å². The van der Waals surface area contributed by atoms with Gasteiger partial charge in [-0.2, -0.15) is 18.6 Å². The molecule has 0 saturated heterocycles. The van der Waals surface area contributed by atoms with Crippen molar-refractivity contribution in [1.29, 1.82) is 10.8 Å². The molecule has 2 aromatic rings. The van der Waals surface area contributed by atoms with Gasteiger partial charge in [0, 0.05) is 17.7 Å². The van der Waals surface area contributed by atoms with Crippen molar-refractivity contribution in [2.75, 3.05) is 10.9 Å². The van der Waals surface area contributed by atoms with Crippen LogP contribution in [0.3, 0.4) is 0 Å². The van der Waals surface area contributed by atoms with E-state index < -0.39 is 53.0 Å². The molecular weight excluding hydrogens is 751 g/mol. The molecular formula is C32H23N8Na2O9S2+. The first-order valence-electron chi connectivity index (χ1n) is 14.4. The van der Waals surface area contributed by atoms with Crippen molar-refractivity contribution in [2.24, 2.45) is 15.3 Å². The summed E-state index contributed by atoms with van der Waals surface area (Å²) in [7, 11) is -9.99. The number of azo groups is 1. The Morgan fingerprint density at radius 1 is 0.736 bits per heavy atom. The number of nitrogens with zero attached hydrogens (tertiary/aromatic N) is 4. The van der Waals surface area contributed by atoms with Crippen molar-refractivity contribution in [3.05, 3.63) is 141 Å². The molecule has 7 N–H and O–H groups in total. The number of anilines is 2. The van der Waals surface area contributed by atoms with Gasteiger partial charge in [-0.3, -0.25) is 20.6 Å². The Labute approximate surface area is 346 Å². The van der Waals surface area contributed by atoms with Crippen LogP contribution in [-0.2, 0) is 20.2 Å². The summed E-state index contributed by atoms with van der Waals surface area (Å²) in [5.41, 5.74) is 5.17. The maximum Gasteiger partial charge on any atom is 1.00 e. The first kappa shape index (κ1) is 41.2. The van der Waals surface area contributed by atoms with E-state index in [0.29, 0.717) is 4.86 Å². The van der Waals surface area contributed by atoms with Gasteiger partial charge in [-0.05, 0) is 83.5 Å². The minimum Gasteiger partial charge on any atom is -0.871 e. The third-order valence-electron chi connectivity index (χ3n) is 7.36. The zero-order chi connectivity index (χ0) is 36.7. The number of benzene rings is 2. The molecule has 0 spiro atoms. The summed E-state index contributed by atoms with van der Waals surface area (Å²) in [5, 5.41) is 62.1. The minimum absolute atomic E-state index is 0. The van der Waals surface area contributed by atoms with Crippen LogP contribution in [0.25, 0.3) is 0 Å². The summed E-state index contributed by atoms with van der Waals surface area (Å²) in [5.74, 6) is -1.41. The zero-order valence-corrected chi connectivity index (χ0v) is 33.3. The SMILES string of the molecule is N=C1C=CC2=C([O-])C(=NNc3cccc(N=[N+](O)c4cccc(NN=C5C(S(=O)(=O)[O-])=CC6=CC(=N)C=CC6=C5O)c4)c3)C(S(=O)(=O)O)=CC2=C1.[Na+].[Na+]. The van der Waals surface area contributed by atoms with Crippen LogP contribution < -0.4 is 75.1 Å². The third-order valence-corrected chi connectivity index (χ3v) is 9.07. The Kier molecular flexibility index (Phi) is 12.6. The van der Waals surface area contributed by atoms with E-state index in [1.165, 1.54) is 85.0 Å². The van der Waals surface area contributed by atoms with Gasteiger partial charge in [0.1, 0.15) is 31.3 Å². The molecule has 258 valence electrons. The summed E-state index contributed by atoms with van der Waals surface area (Å²) >= 11 is 0. The molecule has 0 aliphatic heterocycles. The monoisotopic (exact) mass is 773 g/mol. The van der Waals surface area contributed by atoms with Gasteiger partial charge in [-0.1, -0.05) is 24.0 Å². The molecule has 0 radical (unpaired) electrons. The second kappa shape index (κ2) is 16.2. The largest absolute Gasteiger partial charge is 1.00 e. The molecule has 6 rings (SSSR count). The third kappa shape index (κ3) is 9.16. The van der Waals surface area contributed by atoms with Crippen LogP contribution in [0.15, 0.2) is 156 Å². The molecule has 2 aromatic carbocycles. The molecule has 0 fully saturated rings. The fourth-order valence-corrected chi connectivity index (χ4v) is 6.35. The average molecular weight is 774 g/mol. The van der Waals surface area contributed by atoms with E-state index in [0.717, 1.165) is 12.2 Å². The van der Waals surface area contributed by atoms with Crippen molar-refractivity contribution in [3.63, 3.8) is 0 Å². The predicted octanol–water partition coefficient (Wildman–Crippen LogP) is -2.27. The van der Waals surface area contributed by atoms with Crippen molar-refractivity contribution in [3.8, 4) is 0 Å². The number of aliphatic hydroxyl groups excluding tert-OH is 1. The smallest absolute Gasteiger partial charge is 0.871 e. The van der Waals surface area contributed by atoms with Gasteiger partial charge in [0.2, 0.25) is 0 Å². The van der Waals surface area contributed by atoms with E-state index in [4.69, 9.17) is 10.8 Å². The fourth-order valence-electron chi connectivity index (χ4n) is 5.04. The topological polar surface area (TPSA) is 287 Å². The molecule has 21 heteroatoms. The maximum atomic E-state index is 13.1. The van der Waals surface area contributed by atoms with E-state index in [2.05, 4.69) is 26.2 Å². The molecule has 0 saturated carbocycles. The second-order valence-corrected chi connectivity index (χ2v) is 13.6. The first-order valence-corrected chi connectivity index (χ1v) is 17.2. The number of hydrogen-bond acceptors (Lipinski definition) is 14. The Morgan fingerprint density at radius 3 is 1.91 bits per heavy atom. The summed E-state index contributed by atoms with van der Waals surface area (Å²) in [6.07, 6.45) is 10.1. The summed E-state index contributed by atoms with van der Waals surface area (Å²) < 4.78 is 70.0. The summed E-state index contributed by atoms with van der Waals surface area (Å²) in [6, 6.07) is 11.7. The van der Waals surface area contributed by atoms with E-state index in [1.54, 1.807) is 0 Å². The zero-order valence-electron chi connectivity index (χ0n) is 27.6. The number of allylic oxidation sites excluding steroid dienone is 14. The molecule has 0 heterocycles. The average Bonchev–Trinajstić information content (AvgIpc) is 3.06. The van der Waals surface area contributed by atoms with Gasteiger partial charge >= 0.3 is 59.1 Å². The summed E-state index contributed by atoms with van der Waals surface area (Å²) in [4.78, 5) is -1.08. The van der Waals surface area contributed by atoms with E-state index in [1.807, 2.05) is 0 Å². The number of nitrogens with one attached hydrogen (secondary N) is 4. The number of hydrazone groups is 2. The van der Waals surface area contributed by atoms with Crippen LogP contribution in [0.1, 0.15) is 0 Å². The fraction of sp³-hybridized carbons (Fsp3) is 0. The molecule has 17 nitrogen and oxygen atoms in total. The molecule has 0 atom stereocenters. The minimum atomic E-state index is -5.11. The van der Waals surface area contributed by atoms with Crippen LogP contribution in [0.5, 0.6) is 0 Å². The van der Waals surface area contributed by atoms with Gasteiger partial charge in [-0.15, -0.1) is 0 Å². The van der Waals surface area contributed by atoms with Crippen molar-refractivity contribution in [2.45, 2.75) is 0 Å². The Bertz CT molecular complexity index is 2550. The molecule has 4 aliphatic rings. The number of fused-ring (bicyclic) bond motifs is 2. The van der Waals surface area contributed by atoms with E-state index in [-0.39, 0.29) is 116 Å². The summed E-state index contributed by atoms with van der Waals surface area (Å²) in [6.45, 7) is 0. The van der Waals surface area contributed by atoms with E-state index in [9.17, 15) is 41.4 Å². The van der Waals surface area contributed by atoms with Gasteiger partial charge in [0.25, 0.3) is 15.8 Å². The van der Waals surface area contributed by atoms with Gasteiger partial charge in [0.15, 0.2) is 5.76 Å². The Morgan fingerprint density at radius 2 is 1.28 bits per heavy atom. The molecule has 0 aromatic heterocycles. The molecule has 53 heavy (non-hydrogen) atoms. The van der Waals surface area contributed by atoms with Crippen LogP contribution in [0, 0.1) is 10.8 Å². The standard InChI is InChI=1S/C32H24N8O9S2.2Na/c33-19-7-9-25-17(11-19)13-27(50(44,45)46)29(31(25)41)37-35-21-3-1-5-23(15-21)39-40(43)24-6-2-4-22(16-24)36-38-30-28(51(47,48)49)14-18-12-20(34)8-10-26(18)32(30)42;;/h1-16H,(H8-,33,34,35,36,39,41,42,43,44,45,46,47,48,49);;/q;2*+1/p-1. The van der Waals surface area contributed by atoms with E-state index >= 15 is 0 Å². The quantitative estimate of drug-likeness (QED) is 0.0494. The van der Waals surface area contributed by atoms with Gasteiger partial charge in [-0.25, -0.2) is 8.42 Å². The maximum absolute atomic E-state index is 13.1.